The van der Waals surface area contributed by atoms with E-state index < -0.39 is 4.92 Å². The Morgan fingerprint density at radius 3 is 2.42 bits per heavy atom. The summed E-state index contributed by atoms with van der Waals surface area (Å²) in [4.78, 5) is 10.3. The normalized spacial score (nSPS) is 10.4. The van der Waals surface area contributed by atoms with Crippen molar-refractivity contribution in [1.82, 2.24) is 0 Å². The molecule has 2 aromatic carbocycles. The number of rotatable bonds is 4. The van der Waals surface area contributed by atoms with Gasteiger partial charge in [0.15, 0.2) is 0 Å². The van der Waals surface area contributed by atoms with E-state index in [1.807, 2.05) is 24.3 Å². The molecule has 0 saturated heterocycles. The number of aliphatic hydroxyl groups is 1. The van der Waals surface area contributed by atoms with E-state index in [-0.39, 0.29) is 12.3 Å². The summed E-state index contributed by atoms with van der Waals surface area (Å²) in [6.45, 7) is 0.0942. The fourth-order valence-electron chi connectivity index (χ4n) is 1.83. The van der Waals surface area contributed by atoms with Crippen molar-refractivity contribution in [2.24, 2.45) is 0 Å². The van der Waals surface area contributed by atoms with Gasteiger partial charge in [0.1, 0.15) is 0 Å². The van der Waals surface area contributed by atoms with Crippen molar-refractivity contribution in [3.8, 4) is 11.1 Å². The molecule has 4 nitrogen and oxygen atoms in total. The SMILES string of the molecule is O=[N+]([O-])c1ccc(Cl)c(-c2ccc(CCO)cc2)c1. The summed E-state index contributed by atoms with van der Waals surface area (Å²) in [7, 11) is 0. The molecule has 0 aromatic heterocycles. The van der Waals surface area contributed by atoms with Gasteiger partial charge in [0.2, 0.25) is 0 Å². The topological polar surface area (TPSA) is 63.4 Å². The minimum absolute atomic E-state index is 0.0128. The number of hydrogen-bond donors (Lipinski definition) is 1. The van der Waals surface area contributed by atoms with E-state index in [1.165, 1.54) is 18.2 Å². The molecule has 1 N–H and O–H groups in total. The van der Waals surface area contributed by atoms with Crippen LogP contribution in [0.5, 0.6) is 0 Å². The highest BCUT2D eigenvalue weighted by Gasteiger charge is 2.11. The number of non-ortho nitro benzene ring substituents is 1. The van der Waals surface area contributed by atoms with Gasteiger partial charge in [0.25, 0.3) is 5.69 Å². The molecule has 2 rings (SSSR count). The van der Waals surface area contributed by atoms with Gasteiger partial charge in [0, 0.05) is 29.3 Å². The number of nitro benzene ring substituents is 1. The number of benzene rings is 2. The van der Waals surface area contributed by atoms with Crippen LogP contribution in [0.4, 0.5) is 5.69 Å². The maximum absolute atomic E-state index is 10.8. The smallest absolute Gasteiger partial charge is 0.270 e. The molecule has 2 aromatic rings. The molecular formula is C14H12ClNO3. The molecule has 19 heavy (non-hydrogen) atoms. The minimum Gasteiger partial charge on any atom is -0.396 e. The fourth-order valence-corrected chi connectivity index (χ4v) is 2.05. The highest BCUT2D eigenvalue weighted by molar-refractivity contribution is 6.33. The molecule has 5 heteroatoms. The van der Waals surface area contributed by atoms with Crippen LogP contribution in [0.1, 0.15) is 5.56 Å². The second-order valence-corrected chi connectivity index (χ2v) is 4.50. The predicted octanol–water partition coefficient (Wildman–Crippen LogP) is 3.45. The van der Waals surface area contributed by atoms with Crippen LogP contribution in [0.3, 0.4) is 0 Å². The Labute approximate surface area is 115 Å². The number of hydrogen-bond acceptors (Lipinski definition) is 3. The third-order valence-electron chi connectivity index (χ3n) is 2.83. The summed E-state index contributed by atoms with van der Waals surface area (Å²) >= 11 is 6.07. The van der Waals surface area contributed by atoms with E-state index in [9.17, 15) is 10.1 Å². The zero-order chi connectivity index (χ0) is 13.8. The zero-order valence-corrected chi connectivity index (χ0v) is 10.8. The summed E-state index contributed by atoms with van der Waals surface area (Å²) in [5, 5.41) is 20.1. The van der Waals surface area contributed by atoms with Gasteiger partial charge in [-0.05, 0) is 23.6 Å². The van der Waals surface area contributed by atoms with Gasteiger partial charge in [-0.1, -0.05) is 35.9 Å². The van der Waals surface area contributed by atoms with Crippen LogP contribution in [-0.4, -0.2) is 16.6 Å². The second kappa shape index (κ2) is 5.82. The molecule has 0 aliphatic rings. The van der Waals surface area contributed by atoms with E-state index in [2.05, 4.69) is 0 Å². The van der Waals surface area contributed by atoms with Crippen LogP contribution in [0, 0.1) is 10.1 Å². The van der Waals surface area contributed by atoms with Gasteiger partial charge in [0.05, 0.1) is 4.92 Å². The molecule has 0 aliphatic carbocycles. The van der Waals surface area contributed by atoms with Gasteiger partial charge in [-0.3, -0.25) is 10.1 Å². The van der Waals surface area contributed by atoms with Crippen molar-refractivity contribution in [1.29, 1.82) is 0 Å². The van der Waals surface area contributed by atoms with Crippen molar-refractivity contribution in [2.75, 3.05) is 6.61 Å². The first-order valence-corrected chi connectivity index (χ1v) is 6.13. The largest absolute Gasteiger partial charge is 0.396 e. The average molecular weight is 278 g/mol. The molecule has 98 valence electrons. The molecule has 0 spiro atoms. The van der Waals surface area contributed by atoms with Crippen LogP contribution in [0.15, 0.2) is 42.5 Å². The number of halogens is 1. The molecule has 0 heterocycles. The van der Waals surface area contributed by atoms with Crippen molar-refractivity contribution in [3.63, 3.8) is 0 Å². The van der Waals surface area contributed by atoms with Crippen LogP contribution in [0.2, 0.25) is 5.02 Å². The number of nitrogens with zero attached hydrogens (tertiary/aromatic N) is 1. The van der Waals surface area contributed by atoms with E-state index >= 15 is 0 Å². The monoisotopic (exact) mass is 277 g/mol. The van der Waals surface area contributed by atoms with Crippen LogP contribution in [0.25, 0.3) is 11.1 Å². The standard InChI is InChI=1S/C14H12ClNO3/c15-14-6-5-12(16(18)19)9-13(14)11-3-1-10(2-4-11)7-8-17/h1-6,9,17H,7-8H2. The first-order valence-electron chi connectivity index (χ1n) is 5.76. The number of aliphatic hydroxyl groups excluding tert-OH is 1. The van der Waals surface area contributed by atoms with Crippen LogP contribution < -0.4 is 0 Å². The molecule has 0 amide bonds. The van der Waals surface area contributed by atoms with Crippen LogP contribution >= 0.6 is 11.6 Å². The van der Waals surface area contributed by atoms with E-state index in [1.54, 1.807) is 0 Å². The Balaban J connectivity index is 2.40. The molecule has 0 unspecified atom stereocenters. The molecule has 0 aliphatic heterocycles. The predicted molar refractivity (Wildman–Crippen MR) is 74.3 cm³/mol. The molecule has 0 bridgehead atoms. The highest BCUT2D eigenvalue weighted by Crippen LogP contribution is 2.31. The van der Waals surface area contributed by atoms with E-state index in [4.69, 9.17) is 16.7 Å². The fraction of sp³-hybridized carbons (Fsp3) is 0.143. The molecular weight excluding hydrogens is 266 g/mol. The lowest BCUT2D eigenvalue weighted by atomic mass is 10.0. The zero-order valence-electron chi connectivity index (χ0n) is 10.0. The van der Waals surface area contributed by atoms with Crippen molar-refractivity contribution in [3.05, 3.63) is 63.2 Å². The van der Waals surface area contributed by atoms with Gasteiger partial charge >= 0.3 is 0 Å². The Bertz CT molecular complexity index is 596. The highest BCUT2D eigenvalue weighted by atomic mass is 35.5. The molecule has 0 saturated carbocycles. The Morgan fingerprint density at radius 1 is 1.16 bits per heavy atom. The quantitative estimate of drug-likeness (QED) is 0.688. The summed E-state index contributed by atoms with van der Waals surface area (Å²) in [5.41, 5.74) is 2.47. The van der Waals surface area contributed by atoms with Gasteiger partial charge < -0.3 is 5.11 Å². The first-order chi connectivity index (χ1) is 9.11. The Morgan fingerprint density at radius 2 is 1.84 bits per heavy atom. The molecule has 0 atom stereocenters. The molecule has 0 radical (unpaired) electrons. The third-order valence-corrected chi connectivity index (χ3v) is 3.16. The lowest BCUT2D eigenvalue weighted by Crippen LogP contribution is -1.91. The van der Waals surface area contributed by atoms with Gasteiger partial charge in [-0.2, -0.15) is 0 Å². The summed E-state index contributed by atoms with van der Waals surface area (Å²) in [6.07, 6.45) is 0.586. The minimum atomic E-state index is -0.444. The maximum atomic E-state index is 10.8. The van der Waals surface area contributed by atoms with Gasteiger partial charge in [-0.25, -0.2) is 0 Å². The lowest BCUT2D eigenvalue weighted by Gasteiger charge is -2.06. The van der Waals surface area contributed by atoms with Crippen molar-refractivity contribution >= 4 is 17.3 Å². The Kier molecular flexibility index (Phi) is 4.14. The second-order valence-electron chi connectivity index (χ2n) is 4.09. The first kappa shape index (κ1) is 13.5. The summed E-state index contributed by atoms with van der Waals surface area (Å²) in [5.74, 6) is 0. The summed E-state index contributed by atoms with van der Waals surface area (Å²) in [6, 6.07) is 11.8. The summed E-state index contributed by atoms with van der Waals surface area (Å²) < 4.78 is 0. The Hall–Kier alpha value is -1.91. The van der Waals surface area contributed by atoms with Gasteiger partial charge in [-0.15, -0.1) is 0 Å². The van der Waals surface area contributed by atoms with E-state index in [0.717, 1.165) is 11.1 Å². The third kappa shape index (κ3) is 3.10. The molecule has 0 fully saturated rings. The van der Waals surface area contributed by atoms with Crippen molar-refractivity contribution in [2.45, 2.75) is 6.42 Å². The van der Waals surface area contributed by atoms with E-state index in [0.29, 0.717) is 17.0 Å². The van der Waals surface area contributed by atoms with Crippen molar-refractivity contribution < 1.29 is 10.0 Å². The lowest BCUT2D eigenvalue weighted by molar-refractivity contribution is -0.384. The average Bonchev–Trinajstić information content (AvgIpc) is 2.40. The number of nitro groups is 1. The van der Waals surface area contributed by atoms with Crippen LogP contribution in [-0.2, 0) is 6.42 Å². The maximum Gasteiger partial charge on any atom is 0.270 e.